The predicted molar refractivity (Wildman–Crippen MR) is 107 cm³/mol. The average molecular weight is 447 g/mol. The minimum Gasteiger partial charge on any atom is -0.497 e. The first-order chi connectivity index (χ1) is 13.5. The molecule has 0 unspecified atom stereocenters. The van der Waals surface area contributed by atoms with Gasteiger partial charge in [0, 0.05) is 24.4 Å². The van der Waals surface area contributed by atoms with Crippen LogP contribution in [0.4, 0.5) is 0 Å². The van der Waals surface area contributed by atoms with Crippen LogP contribution in [0.2, 0.25) is 0 Å². The fraction of sp³-hybridized carbons (Fsp3) is 0.263. The van der Waals surface area contributed by atoms with E-state index in [2.05, 4.69) is 31.2 Å². The first kappa shape index (κ1) is 19.8. The minimum atomic E-state index is -0.410. The molecule has 2 heterocycles. The van der Waals surface area contributed by atoms with Crippen molar-refractivity contribution in [1.82, 2.24) is 19.7 Å². The van der Waals surface area contributed by atoms with Crippen molar-refractivity contribution in [3.8, 4) is 11.5 Å². The number of carbonyl (C=O) groups excluding carboxylic acids is 2. The Bertz CT molecular complexity index is 1050. The number of aromatic nitrogens is 3. The molecule has 0 spiro atoms. The van der Waals surface area contributed by atoms with Crippen molar-refractivity contribution in [3.05, 3.63) is 53.4 Å². The number of fused-ring (bicyclic) bond motifs is 1. The second kappa shape index (κ2) is 8.39. The van der Waals surface area contributed by atoms with Gasteiger partial charge in [-0.25, -0.2) is 4.98 Å². The number of Topliss-reactive ketones (excluding diaryl/α,β-unsaturated/α-hetero) is 1. The lowest BCUT2D eigenvalue weighted by Gasteiger charge is -2.11. The third-order valence-corrected chi connectivity index (χ3v) is 4.69. The van der Waals surface area contributed by atoms with Crippen LogP contribution in [0.25, 0.3) is 5.52 Å². The SMILES string of the molecule is COc1ccc(CNC(=O)c2nc(C(=O)CBr)c3cnc(C)cn23)c(OC)c1. The Morgan fingerprint density at radius 2 is 2.04 bits per heavy atom. The monoisotopic (exact) mass is 446 g/mol. The largest absolute Gasteiger partial charge is 0.497 e. The molecule has 0 aliphatic heterocycles. The third kappa shape index (κ3) is 3.84. The van der Waals surface area contributed by atoms with E-state index < -0.39 is 5.91 Å². The van der Waals surface area contributed by atoms with E-state index in [4.69, 9.17) is 9.47 Å². The van der Waals surface area contributed by atoms with Gasteiger partial charge in [-0.1, -0.05) is 15.9 Å². The van der Waals surface area contributed by atoms with E-state index in [-0.39, 0.29) is 29.2 Å². The van der Waals surface area contributed by atoms with Crippen LogP contribution in [0.15, 0.2) is 30.6 Å². The van der Waals surface area contributed by atoms with Gasteiger partial charge < -0.3 is 14.8 Å². The van der Waals surface area contributed by atoms with E-state index in [1.165, 1.54) is 0 Å². The van der Waals surface area contributed by atoms with E-state index in [1.807, 2.05) is 6.07 Å². The summed E-state index contributed by atoms with van der Waals surface area (Å²) in [6.07, 6.45) is 3.22. The van der Waals surface area contributed by atoms with Gasteiger partial charge in [0.25, 0.3) is 5.91 Å². The summed E-state index contributed by atoms with van der Waals surface area (Å²) >= 11 is 3.14. The van der Waals surface area contributed by atoms with Gasteiger partial charge in [0.05, 0.1) is 37.0 Å². The number of hydrogen-bond donors (Lipinski definition) is 1. The number of methoxy groups -OCH3 is 2. The summed E-state index contributed by atoms with van der Waals surface area (Å²) in [7, 11) is 3.12. The lowest BCUT2D eigenvalue weighted by Crippen LogP contribution is -2.25. The second-order valence-electron chi connectivity index (χ2n) is 5.99. The first-order valence-corrected chi connectivity index (χ1v) is 9.53. The molecule has 8 nitrogen and oxygen atoms in total. The molecule has 0 aliphatic carbocycles. The van der Waals surface area contributed by atoms with Gasteiger partial charge in [-0.3, -0.25) is 19.0 Å². The number of amides is 1. The molecule has 0 radical (unpaired) electrons. The summed E-state index contributed by atoms with van der Waals surface area (Å²) in [6.45, 7) is 2.03. The summed E-state index contributed by atoms with van der Waals surface area (Å²) in [6, 6.07) is 5.35. The van der Waals surface area contributed by atoms with Crippen molar-refractivity contribution in [2.75, 3.05) is 19.5 Å². The molecule has 0 fully saturated rings. The number of carbonyl (C=O) groups is 2. The number of aryl methyl sites for hydroxylation is 1. The number of ether oxygens (including phenoxy) is 2. The van der Waals surface area contributed by atoms with Crippen molar-refractivity contribution < 1.29 is 19.1 Å². The van der Waals surface area contributed by atoms with Crippen LogP contribution in [0.3, 0.4) is 0 Å². The Morgan fingerprint density at radius 1 is 1.25 bits per heavy atom. The standard InChI is InChI=1S/C19H19BrN4O4/c1-11-10-24-14(9-21-11)17(15(25)7-20)23-18(24)19(26)22-8-12-4-5-13(27-2)6-16(12)28-3/h4-6,9-10H,7-8H2,1-3H3,(H,22,26). The number of imidazole rings is 1. The fourth-order valence-corrected chi connectivity index (χ4v) is 3.03. The molecule has 0 saturated heterocycles. The van der Waals surface area contributed by atoms with Crippen LogP contribution in [-0.4, -0.2) is 45.6 Å². The minimum absolute atomic E-state index is 0.109. The highest BCUT2D eigenvalue weighted by Gasteiger charge is 2.21. The lowest BCUT2D eigenvalue weighted by atomic mass is 10.2. The number of rotatable bonds is 7. The molecule has 1 aromatic carbocycles. The van der Waals surface area contributed by atoms with Crippen molar-refractivity contribution >= 4 is 33.1 Å². The predicted octanol–water partition coefficient (Wildman–Crippen LogP) is 2.56. The van der Waals surface area contributed by atoms with Crippen LogP contribution in [-0.2, 0) is 6.54 Å². The number of hydrogen-bond acceptors (Lipinski definition) is 6. The quantitative estimate of drug-likeness (QED) is 0.442. The zero-order chi connectivity index (χ0) is 20.3. The maximum Gasteiger partial charge on any atom is 0.287 e. The lowest BCUT2D eigenvalue weighted by molar-refractivity contribution is 0.0939. The Hall–Kier alpha value is -2.94. The van der Waals surface area contributed by atoms with Crippen LogP contribution in [0.1, 0.15) is 32.4 Å². The Labute approximate surface area is 170 Å². The molecular formula is C19H19BrN4O4. The van der Waals surface area contributed by atoms with Crippen molar-refractivity contribution in [1.29, 1.82) is 0 Å². The summed E-state index contributed by atoms with van der Waals surface area (Å²) in [5.74, 6) is 0.748. The van der Waals surface area contributed by atoms with Gasteiger partial charge in [0.2, 0.25) is 5.82 Å². The van der Waals surface area contributed by atoms with Gasteiger partial charge >= 0.3 is 0 Å². The van der Waals surface area contributed by atoms with Crippen molar-refractivity contribution in [2.45, 2.75) is 13.5 Å². The van der Waals surface area contributed by atoms with Crippen LogP contribution >= 0.6 is 15.9 Å². The molecule has 28 heavy (non-hydrogen) atoms. The smallest absolute Gasteiger partial charge is 0.287 e. The van der Waals surface area contributed by atoms with Gasteiger partial charge in [0.1, 0.15) is 17.2 Å². The highest BCUT2D eigenvalue weighted by Crippen LogP contribution is 2.24. The summed E-state index contributed by atoms with van der Waals surface area (Å²) in [5.41, 5.74) is 2.18. The van der Waals surface area contributed by atoms with Gasteiger partial charge in [-0.15, -0.1) is 0 Å². The Kier molecular flexibility index (Phi) is 5.93. The zero-order valence-electron chi connectivity index (χ0n) is 15.7. The van der Waals surface area contributed by atoms with Crippen LogP contribution < -0.4 is 14.8 Å². The molecule has 0 saturated carbocycles. The van der Waals surface area contributed by atoms with E-state index in [1.54, 1.807) is 50.1 Å². The Morgan fingerprint density at radius 3 is 2.71 bits per heavy atom. The number of benzene rings is 1. The van der Waals surface area contributed by atoms with E-state index in [9.17, 15) is 9.59 Å². The molecule has 1 amide bonds. The highest BCUT2D eigenvalue weighted by atomic mass is 79.9. The number of nitrogens with one attached hydrogen (secondary N) is 1. The zero-order valence-corrected chi connectivity index (χ0v) is 17.2. The van der Waals surface area contributed by atoms with Gasteiger partial charge in [-0.2, -0.15) is 0 Å². The maximum atomic E-state index is 12.8. The molecule has 0 aliphatic rings. The number of ketones is 1. The second-order valence-corrected chi connectivity index (χ2v) is 6.55. The van der Waals surface area contributed by atoms with E-state index in [0.29, 0.717) is 22.7 Å². The molecule has 146 valence electrons. The van der Waals surface area contributed by atoms with Crippen molar-refractivity contribution in [3.63, 3.8) is 0 Å². The average Bonchev–Trinajstić information content (AvgIpc) is 3.09. The number of alkyl halides is 1. The van der Waals surface area contributed by atoms with Crippen LogP contribution in [0, 0.1) is 6.92 Å². The summed E-state index contributed by atoms with van der Waals surface area (Å²) < 4.78 is 12.1. The molecular weight excluding hydrogens is 428 g/mol. The fourth-order valence-electron chi connectivity index (χ4n) is 2.76. The number of nitrogens with zero attached hydrogens (tertiary/aromatic N) is 3. The molecule has 0 bridgehead atoms. The Balaban J connectivity index is 1.90. The molecule has 9 heteroatoms. The topological polar surface area (TPSA) is 94.8 Å². The van der Waals surface area contributed by atoms with E-state index in [0.717, 1.165) is 5.56 Å². The van der Waals surface area contributed by atoms with Gasteiger partial charge in [-0.05, 0) is 19.1 Å². The summed E-state index contributed by atoms with van der Waals surface area (Å²) in [4.78, 5) is 33.4. The maximum absolute atomic E-state index is 12.8. The van der Waals surface area contributed by atoms with Crippen LogP contribution in [0.5, 0.6) is 11.5 Å². The van der Waals surface area contributed by atoms with Gasteiger partial charge in [0.15, 0.2) is 5.78 Å². The van der Waals surface area contributed by atoms with E-state index >= 15 is 0 Å². The summed E-state index contributed by atoms with van der Waals surface area (Å²) in [5, 5.41) is 2.93. The molecule has 0 atom stereocenters. The van der Waals surface area contributed by atoms with Crippen molar-refractivity contribution in [2.24, 2.45) is 0 Å². The number of halogens is 1. The normalized spacial score (nSPS) is 10.7. The highest BCUT2D eigenvalue weighted by molar-refractivity contribution is 9.09. The molecule has 3 aromatic rings. The molecule has 1 N–H and O–H groups in total. The first-order valence-electron chi connectivity index (χ1n) is 8.41. The molecule has 2 aromatic heterocycles. The third-order valence-electron chi connectivity index (χ3n) is 4.18. The molecule has 3 rings (SSSR count).